The predicted molar refractivity (Wildman–Crippen MR) is 114 cm³/mol. The molecule has 1 aromatic carbocycles. The Labute approximate surface area is 178 Å². The van der Waals surface area contributed by atoms with Crippen LogP contribution in [0.5, 0.6) is 0 Å². The minimum Gasteiger partial charge on any atom is -0.366 e. The number of nitrogens with zero attached hydrogens (tertiary/aromatic N) is 3. The van der Waals surface area contributed by atoms with Crippen molar-refractivity contribution in [1.29, 1.82) is 0 Å². The first-order valence-corrected chi connectivity index (χ1v) is 10.4. The molecule has 3 aromatic rings. The van der Waals surface area contributed by atoms with E-state index in [0.717, 1.165) is 17.3 Å². The standard InChI is InChI=1S/C23H23N5O3/c24-21(29)13-2-1-3-14(8-13)23(31)27-11-17-16(18(17)12-27)5-7-28-19-4-6-26-10-15(19)9-20(28)22(25)30/h1-4,6,8-10,16-18H,5,7,11-12H2,(H2,24,29)(H2,25,30). The molecule has 2 fully saturated rings. The highest BCUT2D eigenvalue weighted by Crippen LogP contribution is 2.54. The lowest BCUT2D eigenvalue weighted by molar-refractivity contribution is 0.0766. The van der Waals surface area contributed by atoms with E-state index in [2.05, 4.69) is 4.98 Å². The number of nitrogens with two attached hydrogens (primary N) is 2. The molecular formula is C23H23N5O3. The number of fused-ring (bicyclic) bond motifs is 2. The lowest BCUT2D eigenvalue weighted by Crippen LogP contribution is -2.32. The third-order valence-corrected chi connectivity index (χ3v) is 6.69. The summed E-state index contributed by atoms with van der Waals surface area (Å²) in [4.78, 5) is 42.0. The topological polar surface area (TPSA) is 124 Å². The quantitative estimate of drug-likeness (QED) is 0.633. The van der Waals surface area contributed by atoms with E-state index < -0.39 is 11.8 Å². The van der Waals surface area contributed by atoms with Gasteiger partial charge in [0.25, 0.3) is 11.8 Å². The molecule has 2 atom stereocenters. The molecule has 8 heteroatoms. The summed E-state index contributed by atoms with van der Waals surface area (Å²) >= 11 is 0. The second-order valence-corrected chi connectivity index (χ2v) is 8.42. The minimum absolute atomic E-state index is 0.0611. The number of aromatic nitrogens is 2. The average molecular weight is 417 g/mol. The molecular weight excluding hydrogens is 394 g/mol. The van der Waals surface area contributed by atoms with E-state index in [0.29, 0.717) is 54.2 Å². The van der Waals surface area contributed by atoms with Crippen molar-refractivity contribution in [2.45, 2.75) is 13.0 Å². The van der Waals surface area contributed by atoms with Gasteiger partial charge >= 0.3 is 0 Å². The van der Waals surface area contributed by atoms with Gasteiger partial charge in [-0.2, -0.15) is 0 Å². The zero-order valence-corrected chi connectivity index (χ0v) is 16.9. The highest BCUT2D eigenvalue weighted by atomic mass is 16.2. The van der Waals surface area contributed by atoms with Crippen LogP contribution in [-0.4, -0.2) is 45.3 Å². The highest BCUT2D eigenvalue weighted by molar-refractivity contribution is 5.99. The van der Waals surface area contributed by atoms with Crippen LogP contribution in [0, 0.1) is 17.8 Å². The zero-order chi connectivity index (χ0) is 21.7. The fraction of sp³-hybridized carbons (Fsp3) is 0.304. The Balaban J connectivity index is 1.23. The molecule has 8 nitrogen and oxygen atoms in total. The van der Waals surface area contributed by atoms with Crippen molar-refractivity contribution in [2.75, 3.05) is 13.1 Å². The molecule has 1 saturated heterocycles. The molecule has 1 aliphatic carbocycles. The molecule has 1 aliphatic heterocycles. The molecule has 4 N–H and O–H groups in total. The number of amides is 3. The van der Waals surface area contributed by atoms with Gasteiger partial charge in [0.1, 0.15) is 5.69 Å². The van der Waals surface area contributed by atoms with Crippen molar-refractivity contribution < 1.29 is 14.4 Å². The molecule has 2 unspecified atom stereocenters. The first kappa shape index (κ1) is 19.3. The Kier molecular flexibility index (Phi) is 4.50. The minimum atomic E-state index is -0.539. The van der Waals surface area contributed by atoms with Gasteiger partial charge in [-0.25, -0.2) is 0 Å². The molecule has 2 aliphatic rings. The van der Waals surface area contributed by atoms with Gasteiger partial charge in [-0.15, -0.1) is 0 Å². The molecule has 0 bridgehead atoms. The van der Waals surface area contributed by atoms with Crippen LogP contribution in [0.4, 0.5) is 0 Å². The number of carbonyl (C=O) groups excluding carboxylic acids is 3. The Hall–Kier alpha value is -3.68. The van der Waals surface area contributed by atoms with Crippen LogP contribution in [0.15, 0.2) is 48.8 Å². The molecule has 1 saturated carbocycles. The largest absolute Gasteiger partial charge is 0.366 e. The van der Waals surface area contributed by atoms with Gasteiger partial charge in [0, 0.05) is 48.5 Å². The normalized spacial score (nSPS) is 21.8. The Morgan fingerprint density at radius 1 is 1.00 bits per heavy atom. The van der Waals surface area contributed by atoms with Crippen molar-refractivity contribution in [3.8, 4) is 0 Å². The fourth-order valence-corrected chi connectivity index (χ4v) is 5.07. The van der Waals surface area contributed by atoms with E-state index >= 15 is 0 Å². The molecule has 31 heavy (non-hydrogen) atoms. The van der Waals surface area contributed by atoms with Gasteiger partial charge in [0.2, 0.25) is 5.91 Å². The van der Waals surface area contributed by atoms with E-state index in [1.54, 1.807) is 42.7 Å². The number of pyridine rings is 1. The number of rotatable bonds is 6. The predicted octanol–water partition coefficient (Wildman–Crippen LogP) is 1.64. The third-order valence-electron chi connectivity index (χ3n) is 6.69. The molecule has 2 aromatic heterocycles. The van der Waals surface area contributed by atoms with Crippen molar-refractivity contribution >= 4 is 28.6 Å². The number of primary amides is 2. The SMILES string of the molecule is NC(=O)c1cccc(C(=O)N2CC3C(CCn4c(C(N)=O)cc5cnccc54)C3C2)c1. The van der Waals surface area contributed by atoms with Crippen molar-refractivity contribution in [2.24, 2.45) is 29.2 Å². The summed E-state index contributed by atoms with van der Waals surface area (Å²) < 4.78 is 1.98. The van der Waals surface area contributed by atoms with E-state index in [9.17, 15) is 14.4 Å². The number of benzene rings is 1. The number of hydrogen-bond acceptors (Lipinski definition) is 4. The molecule has 5 rings (SSSR count). The Morgan fingerprint density at radius 3 is 2.45 bits per heavy atom. The third kappa shape index (κ3) is 3.34. The van der Waals surface area contributed by atoms with E-state index in [1.165, 1.54) is 0 Å². The smallest absolute Gasteiger partial charge is 0.265 e. The summed E-state index contributed by atoms with van der Waals surface area (Å²) in [7, 11) is 0. The second-order valence-electron chi connectivity index (χ2n) is 8.42. The summed E-state index contributed by atoms with van der Waals surface area (Å²) in [5, 5.41) is 0.905. The number of carbonyl (C=O) groups is 3. The molecule has 3 amide bonds. The summed E-state index contributed by atoms with van der Waals surface area (Å²) in [5.41, 5.74) is 13.2. The Morgan fingerprint density at radius 2 is 1.74 bits per heavy atom. The number of piperidine rings is 1. The zero-order valence-electron chi connectivity index (χ0n) is 16.9. The first-order chi connectivity index (χ1) is 14.9. The highest BCUT2D eigenvalue weighted by Gasteiger charge is 2.55. The fourth-order valence-electron chi connectivity index (χ4n) is 5.07. The van der Waals surface area contributed by atoms with E-state index in [-0.39, 0.29) is 5.91 Å². The lowest BCUT2D eigenvalue weighted by atomic mass is 10.1. The lowest BCUT2D eigenvalue weighted by Gasteiger charge is -2.20. The number of likely N-dealkylation sites (tertiary alicyclic amines) is 1. The van der Waals surface area contributed by atoms with Crippen molar-refractivity contribution in [3.63, 3.8) is 0 Å². The van der Waals surface area contributed by atoms with Crippen LogP contribution in [0.1, 0.15) is 37.6 Å². The summed E-state index contributed by atoms with van der Waals surface area (Å²) in [6, 6.07) is 10.3. The summed E-state index contributed by atoms with van der Waals surface area (Å²) in [6.45, 7) is 2.14. The van der Waals surface area contributed by atoms with Gasteiger partial charge < -0.3 is 20.9 Å². The molecule has 0 radical (unpaired) electrons. The Bertz CT molecular complexity index is 1200. The first-order valence-electron chi connectivity index (χ1n) is 10.4. The van der Waals surface area contributed by atoms with Gasteiger partial charge in [-0.05, 0) is 54.5 Å². The number of aryl methyl sites for hydroxylation is 1. The average Bonchev–Trinajstić information content (AvgIpc) is 3.11. The molecule has 0 spiro atoms. The van der Waals surface area contributed by atoms with Gasteiger partial charge in [-0.3, -0.25) is 19.4 Å². The van der Waals surface area contributed by atoms with Gasteiger partial charge in [0.15, 0.2) is 0 Å². The van der Waals surface area contributed by atoms with Crippen LogP contribution in [0.25, 0.3) is 10.9 Å². The van der Waals surface area contributed by atoms with Crippen LogP contribution in [0.2, 0.25) is 0 Å². The van der Waals surface area contributed by atoms with E-state index in [4.69, 9.17) is 11.5 Å². The van der Waals surface area contributed by atoms with Gasteiger partial charge in [-0.1, -0.05) is 6.07 Å². The molecule has 158 valence electrons. The van der Waals surface area contributed by atoms with Crippen LogP contribution in [0.3, 0.4) is 0 Å². The monoisotopic (exact) mass is 417 g/mol. The van der Waals surface area contributed by atoms with Crippen LogP contribution >= 0.6 is 0 Å². The van der Waals surface area contributed by atoms with Crippen molar-refractivity contribution in [1.82, 2.24) is 14.5 Å². The number of hydrogen-bond donors (Lipinski definition) is 2. The van der Waals surface area contributed by atoms with Gasteiger partial charge in [0.05, 0.1) is 5.52 Å². The van der Waals surface area contributed by atoms with E-state index in [1.807, 2.05) is 15.5 Å². The maximum atomic E-state index is 12.8. The van der Waals surface area contributed by atoms with Crippen LogP contribution < -0.4 is 11.5 Å². The summed E-state index contributed by atoms with van der Waals surface area (Å²) in [6.07, 6.45) is 4.38. The maximum Gasteiger partial charge on any atom is 0.265 e. The van der Waals surface area contributed by atoms with Crippen molar-refractivity contribution in [3.05, 3.63) is 65.6 Å². The second kappa shape index (κ2) is 7.23. The summed E-state index contributed by atoms with van der Waals surface area (Å²) in [5.74, 6) is 0.437. The van der Waals surface area contributed by atoms with Crippen LogP contribution in [-0.2, 0) is 6.54 Å². The molecule has 3 heterocycles. The maximum absolute atomic E-state index is 12.8.